The molecule has 1 fully saturated rings. The second kappa shape index (κ2) is 13.5. The first-order chi connectivity index (χ1) is 19.3. The van der Waals surface area contributed by atoms with Crippen molar-refractivity contribution in [3.63, 3.8) is 0 Å². The SMILES string of the molecule is CCc1c(CNC(=O)[C@@H](N)CC2CCCCC2)cccc1Nc1c(CC(N)=O)cnc2cc(OC)c(OC)cc12. The molecule has 3 aromatic rings. The van der Waals surface area contributed by atoms with Gasteiger partial charge in [-0.1, -0.05) is 51.2 Å². The zero-order chi connectivity index (χ0) is 28.6. The van der Waals surface area contributed by atoms with Gasteiger partial charge in [0.1, 0.15) is 0 Å². The Labute approximate surface area is 236 Å². The number of aromatic nitrogens is 1. The fourth-order valence-corrected chi connectivity index (χ4v) is 5.70. The molecular formula is C31H41N5O4. The van der Waals surface area contributed by atoms with Gasteiger partial charge in [0.05, 0.1) is 37.9 Å². The third-order valence-electron chi connectivity index (χ3n) is 7.80. The quantitative estimate of drug-likeness (QED) is 0.262. The van der Waals surface area contributed by atoms with Crippen LogP contribution in [0.1, 0.15) is 62.1 Å². The van der Waals surface area contributed by atoms with Crippen LogP contribution in [0.3, 0.4) is 0 Å². The molecule has 1 atom stereocenters. The van der Waals surface area contributed by atoms with Crippen LogP contribution in [-0.2, 0) is 29.0 Å². The van der Waals surface area contributed by atoms with Crippen molar-refractivity contribution in [2.75, 3.05) is 19.5 Å². The largest absolute Gasteiger partial charge is 0.493 e. The molecule has 1 saturated carbocycles. The maximum absolute atomic E-state index is 12.8. The van der Waals surface area contributed by atoms with Gasteiger partial charge in [-0.15, -0.1) is 0 Å². The molecule has 4 rings (SSSR count). The summed E-state index contributed by atoms with van der Waals surface area (Å²) in [6, 6.07) is 9.10. The number of primary amides is 1. The number of ether oxygens (including phenoxy) is 2. The number of carbonyl (C=O) groups excluding carboxylic acids is 2. The summed E-state index contributed by atoms with van der Waals surface area (Å²) in [6.45, 7) is 2.45. The second-order valence-electron chi connectivity index (χ2n) is 10.5. The van der Waals surface area contributed by atoms with Crippen LogP contribution < -0.4 is 31.6 Å². The van der Waals surface area contributed by atoms with Crippen molar-refractivity contribution in [3.8, 4) is 11.5 Å². The third-order valence-corrected chi connectivity index (χ3v) is 7.80. The van der Waals surface area contributed by atoms with Crippen molar-refractivity contribution in [1.29, 1.82) is 0 Å². The van der Waals surface area contributed by atoms with Gasteiger partial charge in [0.15, 0.2) is 11.5 Å². The van der Waals surface area contributed by atoms with Crippen molar-refractivity contribution in [2.24, 2.45) is 17.4 Å². The molecule has 1 aliphatic carbocycles. The minimum Gasteiger partial charge on any atom is -0.493 e. The molecule has 0 unspecified atom stereocenters. The van der Waals surface area contributed by atoms with E-state index in [0.29, 0.717) is 35.0 Å². The van der Waals surface area contributed by atoms with Crippen molar-refractivity contribution < 1.29 is 19.1 Å². The number of hydrogen-bond donors (Lipinski definition) is 4. The molecule has 2 aromatic carbocycles. The van der Waals surface area contributed by atoms with Gasteiger partial charge >= 0.3 is 0 Å². The second-order valence-corrected chi connectivity index (χ2v) is 10.5. The van der Waals surface area contributed by atoms with Crippen molar-refractivity contribution >= 4 is 34.1 Å². The number of carbonyl (C=O) groups is 2. The van der Waals surface area contributed by atoms with E-state index < -0.39 is 11.9 Å². The first kappa shape index (κ1) is 29.1. The number of rotatable bonds is 12. The van der Waals surface area contributed by atoms with Crippen LogP contribution in [0, 0.1) is 5.92 Å². The Morgan fingerprint density at radius 1 is 1.07 bits per heavy atom. The number of methoxy groups -OCH3 is 2. The molecule has 9 heteroatoms. The molecule has 1 aliphatic rings. The predicted molar refractivity (Wildman–Crippen MR) is 158 cm³/mol. The normalized spacial score (nSPS) is 14.5. The van der Waals surface area contributed by atoms with Crippen LogP contribution in [0.15, 0.2) is 36.5 Å². The molecule has 2 amide bonds. The smallest absolute Gasteiger partial charge is 0.237 e. The Hall–Kier alpha value is -3.85. The van der Waals surface area contributed by atoms with Crippen LogP contribution in [0.2, 0.25) is 0 Å². The summed E-state index contributed by atoms with van der Waals surface area (Å²) in [5.74, 6) is 1.08. The molecule has 9 nitrogen and oxygen atoms in total. The van der Waals surface area contributed by atoms with Gasteiger partial charge in [0.25, 0.3) is 0 Å². The molecule has 0 spiro atoms. The van der Waals surface area contributed by atoms with E-state index in [1.165, 1.54) is 19.3 Å². The molecule has 0 saturated heterocycles. The highest BCUT2D eigenvalue weighted by atomic mass is 16.5. The highest BCUT2D eigenvalue weighted by Gasteiger charge is 2.22. The molecule has 214 valence electrons. The zero-order valence-corrected chi connectivity index (χ0v) is 23.7. The van der Waals surface area contributed by atoms with Gasteiger partial charge < -0.3 is 31.6 Å². The molecular weight excluding hydrogens is 506 g/mol. The number of nitrogens with two attached hydrogens (primary N) is 2. The highest BCUT2D eigenvalue weighted by molar-refractivity contribution is 5.98. The van der Waals surface area contributed by atoms with Crippen LogP contribution in [-0.4, -0.2) is 37.1 Å². The van der Waals surface area contributed by atoms with E-state index in [2.05, 4.69) is 22.5 Å². The lowest BCUT2D eigenvalue weighted by molar-refractivity contribution is -0.123. The van der Waals surface area contributed by atoms with Gasteiger partial charge in [-0.3, -0.25) is 14.6 Å². The van der Waals surface area contributed by atoms with E-state index >= 15 is 0 Å². The Morgan fingerprint density at radius 3 is 2.48 bits per heavy atom. The van der Waals surface area contributed by atoms with Gasteiger partial charge in [0, 0.05) is 35.4 Å². The summed E-state index contributed by atoms with van der Waals surface area (Å²) in [7, 11) is 3.15. The van der Waals surface area contributed by atoms with E-state index in [0.717, 1.165) is 53.6 Å². The Kier molecular flexibility index (Phi) is 9.82. The lowest BCUT2D eigenvalue weighted by Gasteiger charge is -2.24. The molecule has 6 N–H and O–H groups in total. The van der Waals surface area contributed by atoms with E-state index in [1.807, 2.05) is 24.3 Å². The molecule has 1 aromatic heterocycles. The first-order valence-corrected chi connectivity index (χ1v) is 14.1. The lowest BCUT2D eigenvalue weighted by Crippen LogP contribution is -2.41. The van der Waals surface area contributed by atoms with E-state index in [4.69, 9.17) is 20.9 Å². The van der Waals surface area contributed by atoms with Gasteiger partial charge in [0.2, 0.25) is 11.8 Å². The minimum atomic E-state index is -0.499. The van der Waals surface area contributed by atoms with Crippen LogP contribution >= 0.6 is 0 Å². The number of nitrogens with zero attached hydrogens (tertiary/aromatic N) is 1. The summed E-state index contributed by atoms with van der Waals surface area (Å²) < 4.78 is 11.0. The monoisotopic (exact) mass is 547 g/mol. The number of fused-ring (bicyclic) bond motifs is 1. The fraction of sp³-hybridized carbons (Fsp3) is 0.452. The summed E-state index contributed by atoms with van der Waals surface area (Å²) >= 11 is 0. The molecule has 0 radical (unpaired) electrons. The average Bonchev–Trinajstić information content (AvgIpc) is 2.96. The van der Waals surface area contributed by atoms with Gasteiger partial charge in [-0.05, 0) is 42.0 Å². The zero-order valence-electron chi connectivity index (χ0n) is 23.7. The van der Waals surface area contributed by atoms with Gasteiger partial charge in [-0.25, -0.2) is 0 Å². The standard InChI is InChI=1S/C31H41N5O4/c1-4-22-20(17-35-31(38)24(32)13-19-9-6-5-7-10-19)11-8-12-25(22)36-30-21(14-29(33)37)18-34-26-16-28(40-3)27(39-2)15-23(26)30/h8,11-12,15-16,18-19,24H,4-7,9-10,13-14,17,32H2,1-3H3,(H2,33,37)(H,34,36)(H,35,38)/t24-/m0/s1. The summed E-state index contributed by atoms with van der Waals surface area (Å²) in [4.78, 5) is 29.3. The maximum Gasteiger partial charge on any atom is 0.237 e. The lowest BCUT2D eigenvalue weighted by atomic mass is 9.85. The van der Waals surface area contributed by atoms with Crippen LogP contribution in [0.25, 0.3) is 10.9 Å². The predicted octanol–water partition coefficient (Wildman–Crippen LogP) is 4.50. The number of pyridine rings is 1. The molecule has 40 heavy (non-hydrogen) atoms. The minimum absolute atomic E-state index is 0.0235. The van der Waals surface area contributed by atoms with E-state index in [-0.39, 0.29) is 12.3 Å². The van der Waals surface area contributed by atoms with Crippen molar-refractivity contribution in [1.82, 2.24) is 10.3 Å². The maximum atomic E-state index is 12.8. The number of anilines is 2. The van der Waals surface area contributed by atoms with Crippen LogP contribution in [0.5, 0.6) is 11.5 Å². The summed E-state index contributed by atoms with van der Waals surface area (Å²) in [6.07, 6.45) is 9.21. The molecule has 1 heterocycles. The third kappa shape index (κ3) is 6.83. The Bertz CT molecular complexity index is 1350. The fourth-order valence-electron chi connectivity index (χ4n) is 5.70. The topological polar surface area (TPSA) is 142 Å². The van der Waals surface area contributed by atoms with Crippen LogP contribution in [0.4, 0.5) is 11.4 Å². The summed E-state index contributed by atoms with van der Waals surface area (Å²) in [5, 5.41) is 7.38. The average molecular weight is 548 g/mol. The molecule has 0 bridgehead atoms. The van der Waals surface area contributed by atoms with Crippen molar-refractivity contribution in [2.45, 2.75) is 70.9 Å². The number of benzene rings is 2. The Morgan fingerprint density at radius 2 is 1.80 bits per heavy atom. The number of amides is 2. The summed E-state index contributed by atoms with van der Waals surface area (Å²) in [5.41, 5.74) is 16.8. The van der Waals surface area contributed by atoms with E-state index in [1.54, 1.807) is 26.5 Å². The van der Waals surface area contributed by atoms with Gasteiger partial charge in [-0.2, -0.15) is 0 Å². The number of nitrogens with one attached hydrogen (secondary N) is 2. The number of hydrogen-bond acceptors (Lipinski definition) is 7. The Balaban J connectivity index is 1.61. The first-order valence-electron chi connectivity index (χ1n) is 14.1. The van der Waals surface area contributed by atoms with E-state index in [9.17, 15) is 9.59 Å². The molecule has 0 aliphatic heterocycles. The van der Waals surface area contributed by atoms with Crippen molar-refractivity contribution in [3.05, 3.63) is 53.2 Å². The highest BCUT2D eigenvalue weighted by Crippen LogP contribution is 2.38.